The van der Waals surface area contributed by atoms with Crippen molar-refractivity contribution in [1.29, 1.82) is 0 Å². The summed E-state index contributed by atoms with van der Waals surface area (Å²) in [6.07, 6.45) is 1.10. The van der Waals surface area contributed by atoms with Crippen molar-refractivity contribution in [2.24, 2.45) is 10.3 Å². The van der Waals surface area contributed by atoms with Crippen LogP contribution < -0.4 is 16.0 Å². The standard InChI is InChI=1S/C18H36N5O4P/c1-12(22-26)17(3,4)19-10-14(11-20-18(5,6)13(2)23-27)21-15(24)8-7-9-16(25)28/h14,19-20,26-27H,7-11,28H2,1-6H3,(H,21,24)/b22-12+,23-13+. The third kappa shape index (κ3) is 10.1. The topological polar surface area (TPSA) is 135 Å². The van der Waals surface area contributed by atoms with Crippen LogP contribution in [0.5, 0.6) is 0 Å². The molecule has 0 aromatic carbocycles. The first kappa shape index (κ1) is 26.4. The Balaban J connectivity index is 5.00. The van der Waals surface area contributed by atoms with Crippen molar-refractivity contribution in [3.8, 4) is 0 Å². The van der Waals surface area contributed by atoms with E-state index in [9.17, 15) is 9.59 Å². The van der Waals surface area contributed by atoms with Crippen molar-refractivity contribution < 1.29 is 20.0 Å². The van der Waals surface area contributed by atoms with Gasteiger partial charge in [-0.3, -0.25) is 9.59 Å². The summed E-state index contributed by atoms with van der Waals surface area (Å²) in [5.74, 6) is -0.143. The van der Waals surface area contributed by atoms with Crippen molar-refractivity contribution in [2.45, 2.75) is 77.9 Å². The van der Waals surface area contributed by atoms with Gasteiger partial charge in [-0.25, -0.2) is 0 Å². The fraction of sp³-hybridized carbons (Fsp3) is 0.778. The quantitative estimate of drug-likeness (QED) is 0.133. The van der Waals surface area contributed by atoms with E-state index in [1.165, 1.54) is 0 Å². The Labute approximate surface area is 170 Å². The van der Waals surface area contributed by atoms with Gasteiger partial charge in [0.15, 0.2) is 0 Å². The molecule has 5 N–H and O–H groups in total. The summed E-state index contributed by atoms with van der Waals surface area (Å²) < 4.78 is 0. The predicted molar refractivity (Wildman–Crippen MR) is 114 cm³/mol. The maximum Gasteiger partial charge on any atom is 0.220 e. The lowest BCUT2D eigenvalue weighted by atomic mass is 9.98. The summed E-state index contributed by atoms with van der Waals surface area (Å²) in [6.45, 7) is 11.8. The van der Waals surface area contributed by atoms with Crippen LogP contribution in [0.2, 0.25) is 0 Å². The zero-order valence-electron chi connectivity index (χ0n) is 17.8. The van der Waals surface area contributed by atoms with Crippen molar-refractivity contribution >= 4 is 32.1 Å². The first-order chi connectivity index (χ1) is 12.9. The van der Waals surface area contributed by atoms with Crippen LogP contribution in [0.15, 0.2) is 10.3 Å². The van der Waals surface area contributed by atoms with Crippen LogP contribution in [0.1, 0.15) is 60.8 Å². The van der Waals surface area contributed by atoms with Crippen molar-refractivity contribution in [3.05, 3.63) is 0 Å². The number of hydrogen-bond acceptors (Lipinski definition) is 8. The smallest absolute Gasteiger partial charge is 0.220 e. The average Bonchev–Trinajstić information content (AvgIpc) is 2.61. The zero-order chi connectivity index (χ0) is 22.0. The average molecular weight is 417 g/mol. The Morgan fingerprint density at radius 1 is 0.929 bits per heavy atom. The second-order valence-corrected chi connectivity index (χ2v) is 8.61. The maximum absolute atomic E-state index is 12.3. The lowest BCUT2D eigenvalue weighted by Crippen LogP contribution is -2.57. The van der Waals surface area contributed by atoms with Gasteiger partial charge in [0, 0.05) is 25.9 Å². The molecule has 1 amide bonds. The SMILES string of the molecule is C/C(=N\O)C(C)(C)NCC(CNC(C)(C)/C(C)=N/O)NC(=O)CCCC(=O)P. The van der Waals surface area contributed by atoms with Crippen LogP contribution in [-0.2, 0) is 9.59 Å². The lowest BCUT2D eigenvalue weighted by molar-refractivity contribution is -0.122. The Morgan fingerprint density at radius 3 is 1.71 bits per heavy atom. The number of carbonyl (C=O) groups is 2. The van der Waals surface area contributed by atoms with Gasteiger partial charge < -0.3 is 26.4 Å². The number of oxime groups is 2. The molecule has 0 fully saturated rings. The first-order valence-electron chi connectivity index (χ1n) is 9.31. The van der Waals surface area contributed by atoms with Gasteiger partial charge >= 0.3 is 0 Å². The summed E-state index contributed by atoms with van der Waals surface area (Å²) in [5, 5.41) is 34.1. The molecule has 0 spiro atoms. The van der Waals surface area contributed by atoms with Crippen LogP contribution in [0.25, 0.3) is 0 Å². The molecule has 10 heteroatoms. The molecular weight excluding hydrogens is 381 g/mol. The van der Waals surface area contributed by atoms with E-state index in [1.807, 2.05) is 27.7 Å². The highest BCUT2D eigenvalue weighted by Crippen LogP contribution is 2.08. The molecule has 0 aliphatic carbocycles. The summed E-state index contributed by atoms with van der Waals surface area (Å²) >= 11 is 0. The number of nitrogens with zero attached hydrogens (tertiary/aromatic N) is 2. The van der Waals surface area contributed by atoms with Crippen LogP contribution in [-0.4, -0.2) is 63.5 Å². The Morgan fingerprint density at radius 2 is 1.36 bits per heavy atom. The van der Waals surface area contributed by atoms with Crippen molar-refractivity contribution in [3.63, 3.8) is 0 Å². The van der Waals surface area contributed by atoms with Crippen LogP contribution in [0.3, 0.4) is 0 Å². The molecule has 0 heterocycles. The molecule has 0 saturated heterocycles. The molecule has 0 aromatic heterocycles. The van der Waals surface area contributed by atoms with E-state index in [0.717, 1.165) is 0 Å². The third-order valence-corrected chi connectivity index (χ3v) is 5.17. The predicted octanol–water partition coefficient (Wildman–Crippen LogP) is 1.48. The number of carbonyl (C=O) groups excluding carboxylic acids is 2. The molecule has 0 rings (SSSR count). The lowest BCUT2D eigenvalue weighted by Gasteiger charge is -2.32. The van der Waals surface area contributed by atoms with E-state index >= 15 is 0 Å². The second-order valence-electron chi connectivity index (χ2n) is 7.97. The van der Waals surface area contributed by atoms with Gasteiger partial charge in [-0.05, 0) is 48.0 Å². The molecule has 28 heavy (non-hydrogen) atoms. The number of nitrogens with one attached hydrogen (secondary N) is 3. The molecule has 9 nitrogen and oxygen atoms in total. The van der Waals surface area contributed by atoms with E-state index in [0.29, 0.717) is 37.4 Å². The van der Waals surface area contributed by atoms with Crippen molar-refractivity contribution in [1.82, 2.24) is 16.0 Å². The molecule has 0 aromatic rings. The van der Waals surface area contributed by atoms with Gasteiger partial charge in [-0.15, -0.1) is 0 Å². The fourth-order valence-corrected chi connectivity index (χ4v) is 2.36. The highest BCUT2D eigenvalue weighted by atomic mass is 31.0. The third-order valence-electron chi connectivity index (χ3n) is 4.88. The van der Waals surface area contributed by atoms with Gasteiger partial charge in [0.2, 0.25) is 5.91 Å². The van der Waals surface area contributed by atoms with E-state index in [4.69, 9.17) is 10.4 Å². The molecule has 162 valence electrons. The van der Waals surface area contributed by atoms with Gasteiger partial charge in [0.05, 0.1) is 28.5 Å². The minimum Gasteiger partial charge on any atom is -0.411 e. The van der Waals surface area contributed by atoms with Crippen molar-refractivity contribution in [2.75, 3.05) is 13.1 Å². The zero-order valence-corrected chi connectivity index (χ0v) is 19.0. The Bertz CT molecular complexity index is 557. The highest BCUT2D eigenvalue weighted by Gasteiger charge is 2.26. The summed E-state index contributed by atoms with van der Waals surface area (Å²) in [6, 6.07) is -0.268. The Hall–Kier alpha value is -1.57. The highest BCUT2D eigenvalue weighted by molar-refractivity contribution is 7.40. The molecule has 0 aliphatic rings. The van der Waals surface area contributed by atoms with E-state index < -0.39 is 11.1 Å². The fourth-order valence-electron chi connectivity index (χ4n) is 2.16. The van der Waals surface area contributed by atoms with Gasteiger partial charge in [0.25, 0.3) is 0 Å². The second kappa shape index (κ2) is 12.1. The van der Waals surface area contributed by atoms with Crippen LogP contribution in [0.4, 0.5) is 0 Å². The molecule has 1 unspecified atom stereocenters. The number of rotatable bonds is 13. The minimum atomic E-state index is -0.554. The minimum absolute atomic E-state index is 0.0197. The van der Waals surface area contributed by atoms with Crippen LogP contribution >= 0.6 is 9.24 Å². The molecular formula is C18H36N5O4P. The molecule has 1 atom stereocenters. The maximum atomic E-state index is 12.3. The van der Waals surface area contributed by atoms with E-state index in [1.54, 1.807) is 13.8 Å². The molecule has 0 radical (unpaired) electrons. The monoisotopic (exact) mass is 417 g/mol. The summed E-state index contributed by atoms with van der Waals surface area (Å²) in [5.41, 5.74) is -0.0850. The van der Waals surface area contributed by atoms with Gasteiger partial charge in [-0.2, -0.15) is 0 Å². The molecule has 0 saturated carbocycles. The number of hydrogen-bond donors (Lipinski definition) is 5. The van der Waals surface area contributed by atoms with Gasteiger partial charge in [-0.1, -0.05) is 19.6 Å². The van der Waals surface area contributed by atoms with Crippen LogP contribution in [0, 0.1) is 0 Å². The number of amides is 1. The largest absolute Gasteiger partial charge is 0.411 e. The first-order valence-corrected chi connectivity index (χ1v) is 9.89. The molecule has 0 aliphatic heterocycles. The summed E-state index contributed by atoms with van der Waals surface area (Å²) in [7, 11) is 2.11. The summed E-state index contributed by atoms with van der Waals surface area (Å²) in [4.78, 5) is 23.3. The van der Waals surface area contributed by atoms with E-state index in [-0.39, 0.29) is 23.9 Å². The van der Waals surface area contributed by atoms with E-state index in [2.05, 4.69) is 35.5 Å². The Kier molecular flexibility index (Phi) is 11.4. The van der Waals surface area contributed by atoms with Gasteiger partial charge in [0.1, 0.15) is 5.52 Å². The normalized spacial score (nSPS) is 14.7. The molecule has 0 bridgehead atoms.